The van der Waals surface area contributed by atoms with E-state index in [2.05, 4.69) is 10.5 Å². The predicted octanol–water partition coefficient (Wildman–Crippen LogP) is 0.754. The third kappa shape index (κ3) is 1.26. The molecule has 0 saturated heterocycles. The first-order valence-corrected chi connectivity index (χ1v) is 4.02. The Morgan fingerprint density at radius 1 is 1.71 bits per heavy atom. The van der Waals surface area contributed by atoms with Crippen molar-refractivity contribution in [1.82, 2.24) is 10.3 Å². The Bertz CT molecular complexity index is 406. The third-order valence-electron chi connectivity index (χ3n) is 1.93. The minimum absolute atomic E-state index is 0.355. The SMILES string of the molecule is CC1=CC=CN2C1=NN/C2=C\[N+](=O)[O-]. The molecule has 0 saturated carbocycles. The zero-order valence-corrected chi connectivity index (χ0v) is 7.47. The van der Waals surface area contributed by atoms with Gasteiger partial charge in [-0.1, -0.05) is 6.08 Å². The van der Waals surface area contributed by atoms with Crippen LogP contribution >= 0.6 is 0 Å². The normalized spacial score (nSPS) is 21.5. The van der Waals surface area contributed by atoms with Crippen molar-refractivity contribution in [1.29, 1.82) is 0 Å². The van der Waals surface area contributed by atoms with Gasteiger partial charge in [0.1, 0.15) is 0 Å². The summed E-state index contributed by atoms with van der Waals surface area (Å²) >= 11 is 0. The Hall–Kier alpha value is -2.11. The van der Waals surface area contributed by atoms with E-state index in [4.69, 9.17) is 0 Å². The van der Waals surface area contributed by atoms with Crippen LogP contribution in [0.25, 0.3) is 0 Å². The summed E-state index contributed by atoms with van der Waals surface area (Å²) in [6.07, 6.45) is 6.32. The number of hydrazone groups is 1. The Morgan fingerprint density at radius 3 is 3.21 bits per heavy atom. The van der Waals surface area contributed by atoms with E-state index < -0.39 is 4.92 Å². The first kappa shape index (κ1) is 8.49. The second-order valence-corrected chi connectivity index (χ2v) is 2.91. The number of rotatable bonds is 1. The lowest BCUT2D eigenvalue weighted by atomic mass is 10.2. The van der Waals surface area contributed by atoms with Crippen molar-refractivity contribution in [2.75, 3.05) is 0 Å². The van der Waals surface area contributed by atoms with Crippen LogP contribution in [0.15, 0.2) is 41.0 Å². The number of hydrogen-bond acceptors (Lipinski definition) is 5. The molecule has 0 atom stereocenters. The topological polar surface area (TPSA) is 70.8 Å². The first-order valence-electron chi connectivity index (χ1n) is 4.02. The molecule has 0 spiro atoms. The average molecular weight is 192 g/mol. The van der Waals surface area contributed by atoms with Crippen LogP contribution in [0.2, 0.25) is 0 Å². The highest BCUT2D eigenvalue weighted by molar-refractivity contribution is 6.01. The molecule has 6 nitrogen and oxygen atoms in total. The molecule has 6 heteroatoms. The van der Waals surface area contributed by atoms with Crippen LogP contribution in [0.5, 0.6) is 0 Å². The molecule has 2 aliphatic heterocycles. The molecule has 14 heavy (non-hydrogen) atoms. The molecule has 0 amide bonds. The molecule has 0 fully saturated rings. The molecule has 0 aromatic heterocycles. The van der Waals surface area contributed by atoms with Crippen LogP contribution in [-0.4, -0.2) is 15.7 Å². The molecule has 0 radical (unpaired) electrons. The van der Waals surface area contributed by atoms with Crippen LogP contribution in [0.1, 0.15) is 6.92 Å². The molecule has 72 valence electrons. The number of nitrogens with one attached hydrogen (secondary N) is 1. The Morgan fingerprint density at radius 2 is 2.50 bits per heavy atom. The summed E-state index contributed by atoms with van der Waals surface area (Å²) in [6.45, 7) is 1.89. The average Bonchev–Trinajstić information content (AvgIpc) is 2.49. The van der Waals surface area contributed by atoms with Gasteiger partial charge in [-0.3, -0.25) is 20.4 Å². The van der Waals surface area contributed by atoms with Gasteiger partial charge in [-0.05, 0) is 18.6 Å². The summed E-state index contributed by atoms with van der Waals surface area (Å²) in [5, 5.41) is 14.3. The standard InChI is InChI=1S/C8H8N4O2/c1-6-3-2-4-11-7(5-12(13)14)9-10-8(6)11/h2-5,9H,1H3/b7-5+. The number of nitrogens with zero attached hydrogens (tertiary/aromatic N) is 3. The Balaban J connectivity index is 2.31. The van der Waals surface area contributed by atoms with Crippen molar-refractivity contribution in [2.45, 2.75) is 6.92 Å². The van der Waals surface area contributed by atoms with Crippen LogP contribution in [0.3, 0.4) is 0 Å². The second kappa shape index (κ2) is 2.99. The Kier molecular flexibility index (Phi) is 1.81. The summed E-state index contributed by atoms with van der Waals surface area (Å²) in [4.78, 5) is 11.4. The van der Waals surface area contributed by atoms with Gasteiger partial charge in [0.15, 0.2) is 5.84 Å². The fourth-order valence-corrected chi connectivity index (χ4v) is 1.30. The maximum absolute atomic E-state index is 10.3. The van der Waals surface area contributed by atoms with Crippen molar-refractivity contribution < 1.29 is 4.92 Å². The van der Waals surface area contributed by atoms with Crippen LogP contribution in [0.4, 0.5) is 0 Å². The van der Waals surface area contributed by atoms with Gasteiger partial charge >= 0.3 is 0 Å². The summed E-state index contributed by atoms with van der Waals surface area (Å²) in [6, 6.07) is 0. The van der Waals surface area contributed by atoms with E-state index in [-0.39, 0.29) is 0 Å². The summed E-state index contributed by atoms with van der Waals surface area (Å²) in [7, 11) is 0. The molecule has 0 aliphatic carbocycles. The van der Waals surface area contributed by atoms with Gasteiger partial charge < -0.3 is 0 Å². The summed E-state index contributed by atoms with van der Waals surface area (Å²) < 4.78 is 0. The lowest BCUT2D eigenvalue weighted by Gasteiger charge is -2.17. The van der Waals surface area contributed by atoms with Crippen LogP contribution in [-0.2, 0) is 0 Å². The quantitative estimate of drug-likeness (QED) is 0.491. The van der Waals surface area contributed by atoms with Gasteiger partial charge in [0.2, 0.25) is 5.82 Å². The molecule has 0 bridgehead atoms. The molecular weight excluding hydrogens is 184 g/mol. The van der Waals surface area contributed by atoms with E-state index >= 15 is 0 Å². The fraction of sp³-hybridized carbons (Fsp3) is 0.125. The van der Waals surface area contributed by atoms with Crippen molar-refractivity contribution in [2.24, 2.45) is 5.10 Å². The number of amidine groups is 1. The monoisotopic (exact) mass is 192 g/mol. The van der Waals surface area contributed by atoms with Crippen molar-refractivity contribution in [3.8, 4) is 0 Å². The minimum atomic E-state index is -0.512. The van der Waals surface area contributed by atoms with E-state index in [0.717, 1.165) is 11.8 Å². The van der Waals surface area contributed by atoms with E-state index in [1.165, 1.54) is 0 Å². The molecule has 2 aliphatic rings. The van der Waals surface area contributed by atoms with E-state index in [9.17, 15) is 10.1 Å². The largest absolute Gasteiger partial charge is 0.280 e. The highest BCUT2D eigenvalue weighted by Crippen LogP contribution is 2.19. The van der Waals surface area contributed by atoms with E-state index in [0.29, 0.717) is 11.7 Å². The number of fused-ring (bicyclic) bond motifs is 1. The van der Waals surface area contributed by atoms with Crippen molar-refractivity contribution in [3.63, 3.8) is 0 Å². The zero-order chi connectivity index (χ0) is 10.1. The highest BCUT2D eigenvalue weighted by atomic mass is 16.6. The fourth-order valence-electron chi connectivity index (χ4n) is 1.30. The lowest BCUT2D eigenvalue weighted by Crippen LogP contribution is -2.25. The van der Waals surface area contributed by atoms with Gasteiger partial charge in [-0.25, -0.2) is 0 Å². The number of allylic oxidation sites excluding steroid dienone is 2. The van der Waals surface area contributed by atoms with Gasteiger partial charge in [0.05, 0.1) is 4.92 Å². The predicted molar refractivity (Wildman–Crippen MR) is 50.4 cm³/mol. The first-order chi connectivity index (χ1) is 6.68. The van der Waals surface area contributed by atoms with Crippen LogP contribution in [0, 0.1) is 10.1 Å². The maximum Gasteiger partial charge on any atom is 0.276 e. The van der Waals surface area contributed by atoms with Crippen molar-refractivity contribution >= 4 is 5.84 Å². The zero-order valence-electron chi connectivity index (χ0n) is 7.47. The summed E-state index contributed by atoms with van der Waals surface area (Å²) in [5.41, 5.74) is 3.57. The minimum Gasteiger partial charge on any atom is -0.280 e. The van der Waals surface area contributed by atoms with Gasteiger partial charge in [0.25, 0.3) is 6.20 Å². The molecule has 0 aromatic rings. The van der Waals surface area contributed by atoms with Gasteiger partial charge in [0, 0.05) is 6.20 Å². The highest BCUT2D eigenvalue weighted by Gasteiger charge is 2.25. The van der Waals surface area contributed by atoms with Crippen molar-refractivity contribution in [3.05, 3.63) is 46.1 Å². The van der Waals surface area contributed by atoms with Crippen LogP contribution < -0.4 is 5.43 Å². The number of nitro groups is 1. The summed E-state index contributed by atoms with van der Waals surface area (Å²) in [5.74, 6) is 1.05. The van der Waals surface area contributed by atoms with Gasteiger partial charge in [-0.15, -0.1) is 0 Å². The number of hydrogen-bond donors (Lipinski definition) is 1. The molecule has 2 heterocycles. The smallest absolute Gasteiger partial charge is 0.276 e. The molecule has 0 aromatic carbocycles. The molecule has 1 N–H and O–H groups in total. The maximum atomic E-state index is 10.3. The Labute approximate surface area is 80.0 Å². The lowest BCUT2D eigenvalue weighted by molar-refractivity contribution is -0.404. The van der Waals surface area contributed by atoms with Gasteiger partial charge in [-0.2, -0.15) is 5.10 Å². The van der Waals surface area contributed by atoms with E-state index in [1.807, 2.05) is 19.1 Å². The molecule has 2 rings (SSSR count). The second-order valence-electron chi connectivity index (χ2n) is 2.91. The third-order valence-corrected chi connectivity index (χ3v) is 1.93. The van der Waals surface area contributed by atoms with E-state index in [1.54, 1.807) is 11.1 Å². The molecule has 0 unspecified atom stereocenters. The molecular formula is C8H8N4O2.